The first-order chi connectivity index (χ1) is 29.3. The normalized spacial score (nSPS) is 11.8. The Balaban J connectivity index is 1.12. The molecule has 1 heteroatoms. The van der Waals surface area contributed by atoms with E-state index in [4.69, 9.17) is 0 Å². The zero-order valence-corrected chi connectivity index (χ0v) is 34.8. The van der Waals surface area contributed by atoms with Gasteiger partial charge in [-0.3, -0.25) is 0 Å². The van der Waals surface area contributed by atoms with Crippen molar-refractivity contribution in [3.05, 3.63) is 210 Å². The fourth-order valence-corrected chi connectivity index (χ4v) is 9.95. The fraction of sp³-hybridized carbons (Fsp3) is 0.0847. The van der Waals surface area contributed by atoms with Gasteiger partial charge in [-0.2, -0.15) is 0 Å². The first kappa shape index (κ1) is 35.9. The summed E-state index contributed by atoms with van der Waals surface area (Å²) in [7, 11) is 0. The lowest BCUT2D eigenvalue weighted by Crippen LogP contribution is -2.10. The minimum absolute atomic E-state index is 1.12. The lowest BCUT2D eigenvalue weighted by Gasteiger charge is -2.26. The van der Waals surface area contributed by atoms with E-state index in [2.05, 4.69) is 222 Å². The van der Waals surface area contributed by atoms with E-state index >= 15 is 0 Å². The molecule has 0 amide bonds. The number of fused-ring (bicyclic) bond motifs is 2. The Bertz CT molecular complexity index is 3340. The molecule has 286 valence electrons. The molecule has 0 unspecified atom stereocenters. The van der Waals surface area contributed by atoms with Crippen molar-refractivity contribution >= 4 is 70.9 Å². The van der Waals surface area contributed by atoms with Crippen molar-refractivity contribution in [2.75, 3.05) is 4.90 Å². The Hall–Kier alpha value is -7.22. The van der Waals surface area contributed by atoms with Crippen LogP contribution in [0.4, 0.5) is 17.1 Å². The molecule has 1 nitrogen and oxygen atoms in total. The molecule has 0 heterocycles. The van der Waals surface area contributed by atoms with Gasteiger partial charge < -0.3 is 4.90 Å². The van der Waals surface area contributed by atoms with Gasteiger partial charge in [-0.15, -0.1) is 0 Å². The third-order valence-corrected chi connectivity index (χ3v) is 12.7. The highest BCUT2D eigenvalue weighted by molar-refractivity contribution is 6.27. The predicted molar refractivity (Wildman–Crippen MR) is 260 cm³/mol. The Labute approximate surface area is 352 Å². The third kappa shape index (κ3) is 5.84. The summed E-state index contributed by atoms with van der Waals surface area (Å²) in [6.45, 7) is 11.0. The number of anilines is 3. The summed E-state index contributed by atoms with van der Waals surface area (Å²) in [5, 5.41) is 13.0. The summed E-state index contributed by atoms with van der Waals surface area (Å²) in [6, 6.07) is 68.4. The quantitative estimate of drug-likeness (QED) is 0.120. The molecule has 0 aromatic heterocycles. The van der Waals surface area contributed by atoms with E-state index in [-0.39, 0.29) is 0 Å². The monoisotopic (exact) mass is 767 g/mol. The van der Waals surface area contributed by atoms with Gasteiger partial charge in [0, 0.05) is 17.1 Å². The molecule has 0 atom stereocenters. The van der Waals surface area contributed by atoms with Gasteiger partial charge in [0.2, 0.25) is 0 Å². The Morgan fingerprint density at radius 3 is 1.40 bits per heavy atom. The first-order valence-electron chi connectivity index (χ1n) is 21.1. The van der Waals surface area contributed by atoms with E-state index in [1.807, 2.05) is 0 Å². The number of hydrogen-bond donors (Lipinski definition) is 0. The topological polar surface area (TPSA) is 3.24 Å². The van der Waals surface area contributed by atoms with Gasteiger partial charge in [0.15, 0.2) is 0 Å². The summed E-state index contributed by atoms with van der Waals surface area (Å²) in [5.41, 5.74) is 17.2. The summed E-state index contributed by atoms with van der Waals surface area (Å²) < 4.78 is 0. The van der Waals surface area contributed by atoms with Crippen LogP contribution in [0.25, 0.3) is 87.2 Å². The van der Waals surface area contributed by atoms with Gasteiger partial charge in [-0.1, -0.05) is 151 Å². The average Bonchev–Trinajstić information content (AvgIpc) is 3.26. The number of nitrogens with zero attached hydrogens (tertiary/aromatic N) is 1. The van der Waals surface area contributed by atoms with Crippen molar-refractivity contribution in [1.29, 1.82) is 0 Å². The minimum Gasteiger partial charge on any atom is -0.310 e. The van der Waals surface area contributed by atoms with Crippen LogP contribution in [0.2, 0.25) is 0 Å². The highest BCUT2D eigenvalue weighted by Gasteiger charge is 2.21. The van der Waals surface area contributed by atoms with Crippen molar-refractivity contribution in [3.8, 4) is 33.4 Å². The number of benzene rings is 11. The number of aryl methyl sites for hydroxylation is 5. The third-order valence-electron chi connectivity index (χ3n) is 12.7. The second kappa shape index (κ2) is 14.0. The molecule has 0 aliphatic heterocycles. The molecule has 0 fully saturated rings. The van der Waals surface area contributed by atoms with Crippen LogP contribution in [-0.4, -0.2) is 0 Å². The SMILES string of the molecule is Cc1ccc(N(c2ccc(C)cc2)c2cccc(-c3c4ccccc4c(-c4cc(C)cc(-c5cc(C)c6ccc7cc(C)cc8ccc5c6c78)c4)c4ccccc34)c2)cc1. The number of rotatable bonds is 6. The van der Waals surface area contributed by atoms with Crippen molar-refractivity contribution < 1.29 is 0 Å². The van der Waals surface area contributed by atoms with Gasteiger partial charge in [-0.05, 0) is 181 Å². The second-order valence-corrected chi connectivity index (χ2v) is 16.9. The van der Waals surface area contributed by atoms with Gasteiger partial charge in [0.05, 0.1) is 0 Å². The zero-order valence-electron chi connectivity index (χ0n) is 34.8. The summed E-state index contributed by atoms with van der Waals surface area (Å²) in [6.07, 6.45) is 0. The molecule has 0 N–H and O–H groups in total. The molecule has 0 saturated carbocycles. The van der Waals surface area contributed by atoms with Crippen LogP contribution in [0, 0.1) is 34.6 Å². The van der Waals surface area contributed by atoms with E-state index in [0.717, 1.165) is 17.1 Å². The molecule has 11 aromatic carbocycles. The lowest BCUT2D eigenvalue weighted by molar-refractivity contribution is 1.27. The Morgan fingerprint density at radius 1 is 0.300 bits per heavy atom. The molecular formula is C59H45N. The van der Waals surface area contributed by atoms with E-state index in [1.165, 1.54) is 115 Å². The fourth-order valence-electron chi connectivity index (χ4n) is 9.95. The van der Waals surface area contributed by atoms with Crippen LogP contribution in [0.3, 0.4) is 0 Å². The minimum atomic E-state index is 1.12. The van der Waals surface area contributed by atoms with Crippen LogP contribution in [-0.2, 0) is 0 Å². The van der Waals surface area contributed by atoms with Crippen LogP contribution in [0.15, 0.2) is 182 Å². The van der Waals surface area contributed by atoms with E-state index in [0.29, 0.717) is 0 Å². The van der Waals surface area contributed by atoms with Crippen molar-refractivity contribution in [2.45, 2.75) is 34.6 Å². The molecule has 11 aromatic rings. The molecule has 60 heavy (non-hydrogen) atoms. The summed E-state index contributed by atoms with van der Waals surface area (Å²) >= 11 is 0. The van der Waals surface area contributed by atoms with Gasteiger partial charge in [0.1, 0.15) is 0 Å². The highest BCUT2D eigenvalue weighted by atomic mass is 15.1. The maximum Gasteiger partial charge on any atom is 0.0467 e. The zero-order chi connectivity index (χ0) is 40.6. The molecule has 0 saturated heterocycles. The second-order valence-electron chi connectivity index (χ2n) is 16.9. The van der Waals surface area contributed by atoms with Gasteiger partial charge in [-0.25, -0.2) is 0 Å². The average molecular weight is 768 g/mol. The van der Waals surface area contributed by atoms with E-state index < -0.39 is 0 Å². The van der Waals surface area contributed by atoms with Crippen LogP contribution < -0.4 is 4.90 Å². The summed E-state index contributed by atoms with van der Waals surface area (Å²) in [5.74, 6) is 0. The molecule has 0 aliphatic rings. The van der Waals surface area contributed by atoms with Crippen molar-refractivity contribution in [1.82, 2.24) is 0 Å². The first-order valence-corrected chi connectivity index (χ1v) is 21.1. The number of hydrogen-bond acceptors (Lipinski definition) is 1. The largest absolute Gasteiger partial charge is 0.310 e. The lowest BCUT2D eigenvalue weighted by atomic mass is 9.83. The van der Waals surface area contributed by atoms with Crippen LogP contribution in [0.5, 0.6) is 0 Å². The molecule has 11 rings (SSSR count). The van der Waals surface area contributed by atoms with Gasteiger partial charge in [0.25, 0.3) is 0 Å². The summed E-state index contributed by atoms with van der Waals surface area (Å²) in [4.78, 5) is 2.37. The van der Waals surface area contributed by atoms with Crippen LogP contribution >= 0.6 is 0 Å². The predicted octanol–water partition coefficient (Wildman–Crippen LogP) is 16.9. The van der Waals surface area contributed by atoms with Crippen molar-refractivity contribution in [2.24, 2.45) is 0 Å². The van der Waals surface area contributed by atoms with Crippen LogP contribution in [0.1, 0.15) is 27.8 Å². The Kier molecular flexibility index (Phi) is 8.36. The maximum absolute atomic E-state index is 2.44. The maximum atomic E-state index is 2.44. The van der Waals surface area contributed by atoms with E-state index in [1.54, 1.807) is 0 Å². The molecule has 0 radical (unpaired) electrons. The molecule has 0 spiro atoms. The standard InChI is InChI=1S/C59H45N/c1-36-17-23-46(24-18-36)60(47-25-19-37(2)20-26-47)48-12-10-11-41(35-48)57-50-13-6-8-15-52(50)58(53-16-9-7-14-51(53)57)45-32-39(4)31-44(34-45)55-33-40(5)49-27-21-42-29-38(3)30-43-22-28-54(55)59(49)56(42)43/h6-35H,1-5H3. The van der Waals surface area contributed by atoms with Crippen molar-refractivity contribution in [3.63, 3.8) is 0 Å². The smallest absolute Gasteiger partial charge is 0.0467 e. The van der Waals surface area contributed by atoms with Gasteiger partial charge >= 0.3 is 0 Å². The highest BCUT2D eigenvalue weighted by Crippen LogP contribution is 2.47. The molecule has 0 aliphatic carbocycles. The van der Waals surface area contributed by atoms with E-state index in [9.17, 15) is 0 Å². The Morgan fingerprint density at radius 2 is 0.817 bits per heavy atom. The molecule has 0 bridgehead atoms. The molecular weight excluding hydrogens is 723 g/mol.